The summed E-state index contributed by atoms with van der Waals surface area (Å²) >= 11 is 1.59. The maximum atomic E-state index is 13.9. The van der Waals surface area contributed by atoms with Crippen LogP contribution in [-0.4, -0.2) is 5.78 Å². The molecule has 0 N–H and O–H groups in total. The molecular weight excluding hydrogens is 434 g/mol. The van der Waals surface area contributed by atoms with E-state index in [1.54, 1.807) is 17.8 Å². The molecule has 34 heavy (non-hydrogen) atoms. The van der Waals surface area contributed by atoms with Gasteiger partial charge in [0, 0.05) is 22.7 Å². The SMILES string of the molecule is O=C(/C=C1\SC=C(c2ccccc2)N1c1ccccc1)c1c2ccccc2cc2ccccc12. The van der Waals surface area contributed by atoms with E-state index in [1.807, 2.05) is 72.8 Å². The molecule has 0 amide bonds. The van der Waals surface area contributed by atoms with Crippen LogP contribution >= 0.6 is 11.8 Å². The van der Waals surface area contributed by atoms with Gasteiger partial charge in [-0.3, -0.25) is 4.79 Å². The Labute approximate surface area is 202 Å². The molecule has 0 saturated heterocycles. The number of thioether (sulfide) groups is 1. The van der Waals surface area contributed by atoms with Crippen molar-refractivity contribution in [1.29, 1.82) is 0 Å². The Balaban J connectivity index is 1.50. The van der Waals surface area contributed by atoms with E-state index in [2.05, 4.69) is 52.8 Å². The fraction of sp³-hybridized carbons (Fsp3) is 0. The van der Waals surface area contributed by atoms with E-state index in [1.165, 1.54) is 0 Å². The van der Waals surface area contributed by atoms with Gasteiger partial charge in [0.25, 0.3) is 0 Å². The minimum absolute atomic E-state index is 0.0131. The van der Waals surface area contributed by atoms with Gasteiger partial charge in [-0.2, -0.15) is 0 Å². The average molecular weight is 456 g/mol. The standard InChI is InChI=1S/C31H21NOS/c33-29(31-26-17-9-7-13-23(26)19-24-14-8-10-18-27(24)31)20-30-32(25-15-5-2-6-16-25)28(21-34-30)22-11-3-1-4-12-22/h1-21H/b30-20-. The molecule has 2 nitrogen and oxygen atoms in total. The van der Waals surface area contributed by atoms with Crippen molar-refractivity contribution in [2.75, 3.05) is 4.90 Å². The van der Waals surface area contributed by atoms with Crippen molar-refractivity contribution in [2.24, 2.45) is 0 Å². The van der Waals surface area contributed by atoms with E-state index in [9.17, 15) is 4.79 Å². The first-order valence-corrected chi connectivity index (χ1v) is 12.1. The van der Waals surface area contributed by atoms with Crippen molar-refractivity contribution in [3.8, 4) is 0 Å². The first-order chi connectivity index (χ1) is 16.8. The van der Waals surface area contributed by atoms with Gasteiger partial charge in [0.05, 0.1) is 10.7 Å². The molecule has 162 valence electrons. The predicted molar refractivity (Wildman–Crippen MR) is 145 cm³/mol. The zero-order valence-electron chi connectivity index (χ0n) is 18.4. The summed E-state index contributed by atoms with van der Waals surface area (Å²) in [5, 5.41) is 7.13. The lowest BCUT2D eigenvalue weighted by atomic mass is 9.94. The van der Waals surface area contributed by atoms with Crippen LogP contribution in [0.2, 0.25) is 0 Å². The highest BCUT2D eigenvalue weighted by molar-refractivity contribution is 8.06. The van der Waals surface area contributed by atoms with Crippen molar-refractivity contribution in [1.82, 2.24) is 0 Å². The Kier molecular flexibility index (Phi) is 5.25. The van der Waals surface area contributed by atoms with Crippen LogP contribution in [0.3, 0.4) is 0 Å². The molecule has 3 heteroatoms. The van der Waals surface area contributed by atoms with Crippen LogP contribution in [0.25, 0.3) is 27.2 Å². The summed E-state index contributed by atoms with van der Waals surface area (Å²) in [5.41, 5.74) is 3.97. The highest BCUT2D eigenvalue weighted by atomic mass is 32.2. The minimum Gasteiger partial charge on any atom is -0.303 e. The summed E-state index contributed by atoms with van der Waals surface area (Å²) in [6.45, 7) is 0. The fourth-order valence-electron chi connectivity index (χ4n) is 4.55. The Bertz CT molecular complexity index is 1530. The first-order valence-electron chi connectivity index (χ1n) is 11.2. The second kappa shape index (κ2) is 8.69. The van der Waals surface area contributed by atoms with Crippen LogP contribution in [0.4, 0.5) is 5.69 Å². The van der Waals surface area contributed by atoms with E-state index in [0.29, 0.717) is 0 Å². The van der Waals surface area contributed by atoms with Crippen molar-refractivity contribution in [3.05, 3.63) is 143 Å². The molecule has 6 rings (SSSR count). The maximum Gasteiger partial charge on any atom is 0.189 e. The molecule has 0 radical (unpaired) electrons. The normalized spacial score (nSPS) is 14.6. The number of para-hydroxylation sites is 1. The molecule has 0 bridgehead atoms. The summed E-state index contributed by atoms with van der Waals surface area (Å²) in [4.78, 5) is 16.1. The van der Waals surface area contributed by atoms with Gasteiger partial charge in [0.2, 0.25) is 0 Å². The number of allylic oxidation sites excluding steroid dienone is 1. The van der Waals surface area contributed by atoms with Crippen LogP contribution in [0.15, 0.2) is 132 Å². The molecule has 1 aliphatic heterocycles. The number of rotatable bonds is 4. The summed E-state index contributed by atoms with van der Waals surface area (Å²) in [6.07, 6.45) is 1.79. The minimum atomic E-state index is 0.0131. The molecule has 1 aliphatic rings. The molecule has 0 unspecified atom stereocenters. The molecule has 0 saturated carbocycles. The van der Waals surface area contributed by atoms with Crippen LogP contribution in [0.1, 0.15) is 15.9 Å². The van der Waals surface area contributed by atoms with E-state index >= 15 is 0 Å². The van der Waals surface area contributed by atoms with Gasteiger partial charge in [0.15, 0.2) is 5.78 Å². The number of carbonyl (C=O) groups is 1. The molecule has 0 spiro atoms. The molecule has 5 aromatic rings. The lowest BCUT2D eigenvalue weighted by Gasteiger charge is -2.24. The van der Waals surface area contributed by atoms with E-state index in [0.717, 1.165) is 49.1 Å². The van der Waals surface area contributed by atoms with E-state index < -0.39 is 0 Å². The zero-order chi connectivity index (χ0) is 22.9. The highest BCUT2D eigenvalue weighted by Crippen LogP contribution is 2.43. The number of hydrogen-bond acceptors (Lipinski definition) is 3. The zero-order valence-corrected chi connectivity index (χ0v) is 19.2. The second-order valence-electron chi connectivity index (χ2n) is 8.20. The van der Waals surface area contributed by atoms with Gasteiger partial charge in [-0.1, -0.05) is 109 Å². The number of hydrogen-bond donors (Lipinski definition) is 0. The number of benzene rings is 5. The lowest BCUT2D eigenvalue weighted by molar-refractivity contribution is 0.104. The summed E-state index contributed by atoms with van der Waals surface area (Å²) in [5.74, 6) is 0.0131. The largest absolute Gasteiger partial charge is 0.303 e. The van der Waals surface area contributed by atoms with Crippen LogP contribution in [-0.2, 0) is 0 Å². The third-order valence-electron chi connectivity index (χ3n) is 6.11. The quantitative estimate of drug-likeness (QED) is 0.154. The van der Waals surface area contributed by atoms with Crippen molar-refractivity contribution in [2.45, 2.75) is 0 Å². The summed E-state index contributed by atoms with van der Waals surface area (Å²) < 4.78 is 0. The smallest absolute Gasteiger partial charge is 0.189 e. The van der Waals surface area contributed by atoms with Gasteiger partial charge < -0.3 is 4.90 Å². The van der Waals surface area contributed by atoms with Gasteiger partial charge in [0.1, 0.15) is 0 Å². The molecule has 0 aromatic heterocycles. The topological polar surface area (TPSA) is 20.3 Å². The summed E-state index contributed by atoms with van der Waals surface area (Å²) in [7, 11) is 0. The number of ketones is 1. The Morgan fingerprint density at radius 3 is 1.88 bits per heavy atom. The van der Waals surface area contributed by atoms with Crippen LogP contribution in [0, 0.1) is 0 Å². The number of carbonyl (C=O) groups excluding carboxylic acids is 1. The third-order valence-corrected chi connectivity index (χ3v) is 6.99. The molecule has 0 atom stereocenters. The van der Waals surface area contributed by atoms with E-state index in [4.69, 9.17) is 0 Å². The van der Waals surface area contributed by atoms with E-state index in [-0.39, 0.29) is 5.78 Å². The lowest BCUT2D eigenvalue weighted by Crippen LogP contribution is -2.16. The molecule has 1 heterocycles. The highest BCUT2D eigenvalue weighted by Gasteiger charge is 2.26. The van der Waals surface area contributed by atoms with Crippen molar-refractivity contribution in [3.63, 3.8) is 0 Å². The fourth-order valence-corrected chi connectivity index (χ4v) is 5.51. The van der Waals surface area contributed by atoms with Crippen LogP contribution in [0.5, 0.6) is 0 Å². The summed E-state index contributed by atoms with van der Waals surface area (Å²) in [6, 6.07) is 38.9. The van der Waals surface area contributed by atoms with Gasteiger partial charge in [-0.15, -0.1) is 0 Å². The number of anilines is 1. The maximum absolute atomic E-state index is 13.9. The van der Waals surface area contributed by atoms with Gasteiger partial charge >= 0.3 is 0 Å². The third kappa shape index (κ3) is 3.60. The molecule has 0 fully saturated rings. The average Bonchev–Trinajstić information content (AvgIpc) is 3.31. The van der Waals surface area contributed by atoms with Crippen molar-refractivity contribution >= 4 is 50.5 Å². The second-order valence-corrected chi connectivity index (χ2v) is 9.09. The number of nitrogens with zero attached hydrogens (tertiary/aromatic N) is 1. The predicted octanol–water partition coefficient (Wildman–Crippen LogP) is 8.27. The Morgan fingerprint density at radius 1 is 0.676 bits per heavy atom. The van der Waals surface area contributed by atoms with Crippen molar-refractivity contribution < 1.29 is 4.79 Å². The number of fused-ring (bicyclic) bond motifs is 2. The Morgan fingerprint density at radius 2 is 1.24 bits per heavy atom. The molecular formula is C31H21NOS. The van der Waals surface area contributed by atoms with Crippen LogP contribution < -0.4 is 4.90 Å². The Hall–Kier alpha value is -4.08. The van der Waals surface area contributed by atoms with Gasteiger partial charge in [-0.05, 0) is 45.3 Å². The monoisotopic (exact) mass is 455 g/mol. The van der Waals surface area contributed by atoms with Gasteiger partial charge in [-0.25, -0.2) is 0 Å². The molecule has 0 aliphatic carbocycles. The first kappa shape index (κ1) is 20.5. The molecule has 5 aromatic carbocycles.